The van der Waals surface area contributed by atoms with Crippen molar-refractivity contribution < 1.29 is 11.2 Å². The lowest BCUT2D eigenvalue weighted by Gasteiger charge is -2.06. The summed E-state index contributed by atoms with van der Waals surface area (Å²) in [7, 11) is 1.68. The van der Waals surface area contributed by atoms with Gasteiger partial charge in [0.25, 0.3) is 0 Å². The summed E-state index contributed by atoms with van der Waals surface area (Å²) in [6, 6.07) is 9.94. The zero-order valence-electron chi connectivity index (χ0n) is 18.6. The number of rotatable bonds is 3. The summed E-state index contributed by atoms with van der Waals surface area (Å²) in [5.41, 5.74) is 7.75. The molecule has 3 aromatic heterocycles. The first-order valence-corrected chi connectivity index (χ1v) is 10.2. The van der Waals surface area contributed by atoms with Crippen molar-refractivity contribution in [3.8, 4) is 0 Å². The molecule has 5 heterocycles. The molecule has 3 N–H and O–H groups in total. The van der Waals surface area contributed by atoms with Crippen molar-refractivity contribution in [1.82, 2.24) is 19.9 Å². The summed E-state index contributed by atoms with van der Waals surface area (Å²) in [5.74, 6) is 0. The van der Waals surface area contributed by atoms with Crippen LogP contribution in [0.5, 0.6) is 0 Å². The maximum absolute atomic E-state index is 10.4. The van der Waals surface area contributed by atoms with E-state index in [1.165, 1.54) is 0 Å². The third-order valence-corrected chi connectivity index (χ3v) is 5.49. The average Bonchev–Trinajstić information content (AvgIpc) is 3.51. The van der Waals surface area contributed by atoms with Gasteiger partial charge in [-0.1, -0.05) is 0 Å². The van der Waals surface area contributed by atoms with E-state index in [2.05, 4.69) is 15.0 Å². The minimum Gasteiger partial charge on any atom is -0.389 e. The smallest absolute Gasteiger partial charge is 0.0813 e. The number of hydrogen-bond donors (Lipinski definition) is 3. The predicted octanol–water partition coefficient (Wildman–Crippen LogP) is 5.42. The van der Waals surface area contributed by atoms with Crippen molar-refractivity contribution in [2.45, 2.75) is 26.1 Å². The van der Waals surface area contributed by atoms with Crippen LogP contribution in [0.15, 0.2) is 36.4 Å². The van der Waals surface area contributed by atoms with Crippen LogP contribution in [0.1, 0.15) is 61.3 Å². The van der Waals surface area contributed by atoms with Crippen molar-refractivity contribution in [2.75, 3.05) is 7.11 Å². The number of aromatic nitrogens is 4. The highest BCUT2D eigenvalue weighted by Crippen LogP contribution is 2.27. The molecule has 0 aliphatic carbocycles. The SMILES string of the molecule is [2H]c1c(C(C)O)c2cc3cc(C(C)OC)c(cc4nc(cc5nc(cc1[nH]2)C=C5)C=C4)[nH]3. The summed E-state index contributed by atoms with van der Waals surface area (Å²) in [6.07, 6.45) is 6.85. The van der Waals surface area contributed by atoms with Crippen LogP contribution in [-0.4, -0.2) is 32.2 Å². The van der Waals surface area contributed by atoms with Crippen molar-refractivity contribution in [3.05, 3.63) is 70.3 Å². The van der Waals surface area contributed by atoms with Gasteiger partial charge in [0.05, 0.1) is 36.4 Å². The molecule has 31 heavy (non-hydrogen) atoms. The van der Waals surface area contributed by atoms with Gasteiger partial charge in [0.15, 0.2) is 0 Å². The number of aliphatic hydroxyl groups is 1. The highest BCUT2D eigenvalue weighted by atomic mass is 16.5. The first-order chi connectivity index (χ1) is 15.4. The van der Waals surface area contributed by atoms with Crippen LogP contribution in [0.4, 0.5) is 0 Å². The van der Waals surface area contributed by atoms with E-state index in [9.17, 15) is 5.11 Å². The number of ether oxygens (including phenoxy) is 1. The first kappa shape index (κ1) is 18.3. The van der Waals surface area contributed by atoms with E-state index in [0.717, 1.165) is 39.4 Å². The molecule has 156 valence electrons. The fourth-order valence-electron chi connectivity index (χ4n) is 3.85. The zero-order chi connectivity index (χ0) is 22.4. The molecular weight excluding hydrogens is 388 g/mol. The quantitative estimate of drug-likeness (QED) is 0.369. The Hall–Kier alpha value is -3.48. The monoisotopic (exact) mass is 413 g/mol. The van der Waals surface area contributed by atoms with Gasteiger partial charge >= 0.3 is 0 Å². The second-order valence-electron chi connectivity index (χ2n) is 7.81. The Bertz CT molecular complexity index is 1430. The van der Waals surface area contributed by atoms with Gasteiger partial charge in [-0.25, -0.2) is 9.97 Å². The van der Waals surface area contributed by atoms with Crippen LogP contribution in [0.25, 0.3) is 46.4 Å². The molecule has 0 fully saturated rings. The van der Waals surface area contributed by atoms with Crippen LogP contribution in [0.2, 0.25) is 0 Å². The topological polar surface area (TPSA) is 86.8 Å². The number of H-pyrrole nitrogens is 2. The molecule has 0 amide bonds. The summed E-state index contributed by atoms with van der Waals surface area (Å²) in [6.45, 7) is 3.66. The largest absolute Gasteiger partial charge is 0.389 e. The maximum Gasteiger partial charge on any atom is 0.0813 e. The molecule has 0 saturated heterocycles. The van der Waals surface area contributed by atoms with Crippen molar-refractivity contribution in [3.63, 3.8) is 0 Å². The molecule has 5 rings (SSSR count). The van der Waals surface area contributed by atoms with Gasteiger partial charge in [-0.15, -0.1) is 0 Å². The summed E-state index contributed by atoms with van der Waals surface area (Å²) in [4.78, 5) is 16.0. The molecule has 0 spiro atoms. The molecular formula is C25H24N4O2. The van der Waals surface area contributed by atoms with E-state index >= 15 is 0 Å². The predicted molar refractivity (Wildman–Crippen MR) is 125 cm³/mol. The molecule has 0 saturated carbocycles. The highest BCUT2D eigenvalue weighted by molar-refractivity contribution is 5.79. The zero-order valence-corrected chi connectivity index (χ0v) is 17.6. The number of fused-ring (bicyclic) bond motifs is 8. The van der Waals surface area contributed by atoms with Crippen LogP contribution in [0, 0.1) is 0 Å². The number of aliphatic hydroxyl groups excluding tert-OH is 1. The third-order valence-electron chi connectivity index (χ3n) is 5.49. The van der Waals surface area contributed by atoms with Crippen LogP contribution in [-0.2, 0) is 4.74 Å². The van der Waals surface area contributed by atoms with E-state index in [4.69, 9.17) is 11.1 Å². The maximum atomic E-state index is 10.4. The van der Waals surface area contributed by atoms with E-state index < -0.39 is 6.10 Å². The minimum atomic E-state index is -0.796. The van der Waals surface area contributed by atoms with Gasteiger partial charge in [-0.05, 0) is 74.5 Å². The van der Waals surface area contributed by atoms with E-state index in [0.29, 0.717) is 16.6 Å². The summed E-state index contributed by atoms with van der Waals surface area (Å²) in [5, 5.41) is 10.4. The number of nitrogens with zero attached hydrogens (tertiary/aromatic N) is 2. The Kier molecular flexibility index (Phi) is 4.52. The lowest BCUT2D eigenvalue weighted by molar-refractivity contribution is 0.121. The highest BCUT2D eigenvalue weighted by Gasteiger charge is 2.12. The van der Waals surface area contributed by atoms with Gasteiger partial charge in [0.2, 0.25) is 0 Å². The molecule has 2 aliphatic heterocycles. The van der Waals surface area contributed by atoms with Crippen LogP contribution in [0.3, 0.4) is 0 Å². The lowest BCUT2D eigenvalue weighted by atomic mass is 10.1. The lowest BCUT2D eigenvalue weighted by Crippen LogP contribution is -1.93. The van der Waals surface area contributed by atoms with E-state index in [1.807, 2.05) is 61.6 Å². The average molecular weight is 413 g/mol. The van der Waals surface area contributed by atoms with Crippen LogP contribution < -0.4 is 0 Å². The van der Waals surface area contributed by atoms with Gasteiger partial charge in [0, 0.05) is 40.3 Å². The van der Waals surface area contributed by atoms with Crippen molar-refractivity contribution >= 4 is 46.4 Å². The molecule has 2 atom stereocenters. The third kappa shape index (κ3) is 3.83. The van der Waals surface area contributed by atoms with Gasteiger partial charge in [-0.3, -0.25) is 0 Å². The van der Waals surface area contributed by atoms with Gasteiger partial charge in [0.1, 0.15) is 0 Å². The molecule has 2 unspecified atom stereocenters. The first-order valence-electron chi connectivity index (χ1n) is 10.7. The minimum absolute atomic E-state index is 0.120. The second-order valence-corrected chi connectivity index (χ2v) is 7.81. The standard InChI is InChI=1S/C25H24N4O2/c1-14(30)22-10-20-9-18-5-4-16(26-18)8-17-6-7-19(27-17)12-25-23(15(2)31-3)11-21(29-25)13-24(22)28-20/h4-15,28-30H,1-3H3/i10D. The number of aromatic amines is 2. The number of hydrogen-bond acceptors (Lipinski definition) is 4. The molecule has 3 aromatic rings. The van der Waals surface area contributed by atoms with E-state index in [-0.39, 0.29) is 12.1 Å². The molecule has 0 aromatic carbocycles. The summed E-state index contributed by atoms with van der Waals surface area (Å²) < 4.78 is 14.2. The summed E-state index contributed by atoms with van der Waals surface area (Å²) >= 11 is 0. The molecule has 8 bridgehead atoms. The van der Waals surface area contributed by atoms with Crippen molar-refractivity contribution in [2.24, 2.45) is 0 Å². The Morgan fingerprint density at radius 2 is 1.39 bits per heavy atom. The molecule has 0 radical (unpaired) electrons. The Balaban J connectivity index is 1.91. The van der Waals surface area contributed by atoms with Gasteiger partial charge in [-0.2, -0.15) is 0 Å². The van der Waals surface area contributed by atoms with E-state index in [1.54, 1.807) is 14.0 Å². The normalized spacial score (nSPS) is 15.2. The molecule has 6 heteroatoms. The Labute approximate surface area is 181 Å². The molecule has 6 nitrogen and oxygen atoms in total. The van der Waals surface area contributed by atoms with Crippen molar-refractivity contribution in [1.29, 1.82) is 0 Å². The second kappa shape index (κ2) is 7.65. The number of methoxy groups -OCH3 is 1. The molecule has 2 aliphatic rings. The Morgan fingerprint density at radius 3 is 2.03 bits per heavy atom. The fourth-order valence-corrected chi connectivity index (χ4v) is 3.85. The Morgan fingerprint density at radius 1 is 0.806 bits per heavy atom. The van der Waals surface area contributed by atoms with Gasteiger partial charge < -0.3 is 19.8 Å². The number of nitrogens with one attached hydrogen (secondary N) is 2. The van der Waals surface area contributed by atoms with Crippen LogP contribution >= 0.6 is 0 Å². The fraction of sp³-hybridized carbons (Fsp3) is 0.200.